The summed E-state index contributed by atoms with van der Waals surface area (Å²) in [6.45, 7) is 3.27. The number of likely N-dealkylation sites (tertiary alicyclic amines) is 1. The highest BCUT2D eigenvalue weighted by molar-refractivity contribution is 5.88. The average Bonchev–Trinajstić information content (AvgIpc) is 2.62. The zero-order chi connectivity index (χ0) is 17.8. The molecule has 0 radical (unpaired) electrons. The molecule has 1 aromatic carbocycles. The molecule has 1 aromatic heterocycles. The molecule has 2 aromatic rings. The van der Waals surface area contributed by atoms with Crippen LogP contribution in [0.4, 0.5) is 0 Å². The van der Waals surface area contributed by atoms with Gasteiger partial charge in [-0.15, -0.1) is 0 Å². The molecular weight excluding hydrogens is 316 g/mol. The summed E-state index contributed by atoms with van der Waals surface area (Å²) < 4.78 is 0. The maximum absolute atomic E-state index is 11.6. The third-order valence-electron chi connectivity index (χ3n) is 4.77. The van der Waals surface area contributed by atoms with E-state index in [1.54, 1.807) is 37.4 Å². The third-order valence-corrected chi connectivity index (χ3v) is 4.77. The summed E-state index contributed by atoms with van der Waals surface area (Å²) in [7, 11) is 0. The van der Waals surface area contributed by atoms with Gasteiger partial charge in [-0.2, -0.15) is 0 Å². The minimum Gasteiger partial charge on any atom is -0.478 e. The highest BCUT2D eigenvalue weighted by Gasteiger charge is 2.22. The first-order valence-electron chi connectivity index (χ1n) is 8.57. The van der Waals surface area contributed by atoms with Crippen LogP contribution in [0.3, 0.4) is 0 Å². The molecule has 0 bridgehead atoms. The molecular formula is C20H22N2O3. The van der Waals surface area contributed by atoms with Crippen molar-refractivity contribution in [1.82, 2.24) is 9.88 Å². The Morgan fingerprint density at radius 3 is 2.68 bits per heavy atom. The summed E-state index contributed by atoms with van der Waals surface area (Å²) in [5.74, 6) is -0.362. The SMILES string of the molecule is CC(=O)N1CCCC(Cc2cccnc2-c2ccc(C(=O)O)cc2)C1. The normalized spacial score (nSPS) is 17.3. The van der Waals surface area contributed by atoms with Crippen LogP contribution in [0, 0.1) is 5.92 Å². The molecule has 1 aliphatic rings. The van der Waals surface area contributed by atoms with Crippen molar-refractivity contribution in [3.05, 3.63) is 53.7 Å². The third kappa shape index (κ3) is 4.05. The average molecular weight is 338 g/mol. The van der Waals surface area contributed by atoms with E-state index in [-0.39, 0.29) is 11.5 Å². The van der Waals surface area contributed by atoms with E-state index in [0.29, 0.717) is 5.92 Å². The van der Waals surface area contributed by atoms with Gasteiger partial charge in [-0.1, -0.05) is 18.2 Å². The van der Waals surface area contributed by atoms with Crippen LogP contribution in [0.5, 0.6) is 0 Å². The number of nitrogens with zero attached hydrogens (tertiary/aromatic N) is 2. The van der Waals surface area contributed by atoms with E-state index in [2.05, 4.69) is 11.1 Å². The summed E-state index contributed by atoms with van der Waals surface area (Å²) >= 11 is 0. The number of hydrogen-bond acceptors (Lipinski definition) is 3. The van der Waals surface area contributed by atoms with Crippen LogP contribution >= 0.6 is 0 Å². The van der Waals surface area contributed by atoms with Gasteiger partial charge in [0.25, 0.3) is 0 Å². The summed E-state index contributed by atoms with van der Waals surface area (Å²) in [5.41, 5.74) is 3.21. The fourth-order valence-corrected chi connectivity index (χ4v) is 3.46. The van der Waals surface area contributed by atoms with Crippen LogP contribution in [0.15, 0.2) is 42.6 Å². The number of carboxylic acids is 1. The van der Waals surface area contributed by atoms with Crippen molar-refractivity contribution in [2.45, 2.75) is 26.2 Å². The van der Waals surface area contributed by atoms with Crippen LogP contribution in [-0.4, -0.2) is 40.0 Å². The number of hydrogen-bond donors (Lipinski definition) is 1. The lowest BCUT2D eigenvalue weighted by Crippen LogP contribution is -2.39. The van der Waals surface area contributed by atoms with E-state index in [9.17, 15) is 9.59 Å². The van der Waals surface area contributed by atoms with Crippen molar-refractivity contribution in [3.8, 4) is 11.3 Å². The topological polar surface area (TPSA) is 70.5 Å². The molecule has 130 valence electrons. The molecule has 25 heavy (non-hydrogen) atoms. The van der Waals surface area contributed by atoms with Crippen molar-refractivity contribution in [2.75, 3.05) is 13.1 Å². The maximum Gasteiger partial charge on any atom is 0.335 e. The lowest BCUT2D eigenvalue weighted by molar-refractivity contribution is -0.130. The van der Waals surface area contributed by atoms with Crippen molar-refractivity contribution in [1.29, 1.82) is 0 Å². The number of amides is 1. The quantitative estimate of drug-likeness (QED) is 0.929. The number of carbonyl (C=O) groups is 2. The summed E-state index contributed by atoms with van der Waals surface area (Å²) in [6.07, 6.45) is 4.77. The number of aromatic carboxylic acids is 1. The molecule has 1 unspecified atom stereocenters. The van der Waals surface area contributed by atoms with Gasteiger partial charge in [0.05, 0.1) is 11.3 Å². The molecule has 0 saturated carbocycles. The Morgan fingerprint density at radius 2 is 2.00 bits per heavy atom. The van der Waals surface area contributed by atoms with E-state index >= 15 is 0 Å². The zero-order valence-electron chi connectivity index (χ0n) is 14.3. The Bertz CT molecular complexity index is 771. The number of aromatic nitrogens is 1. The molecule has 1 saturated heterocycles. The Labute approximate surface area is 147 Å². The number of carboxylic acid groups (broad SMARTS) is 1. The van der Waals surface area contributed by atoms with Crippen molar-refractivity contribution in [2.24, 2.45) is 5.92 Å². The fourth-order valence-electron chi connectivity index (χ4n) is 3.46. The van der Waals surface area contributed by atoms with Crippen LogP contribution in [0.25, 0.3) is 11.3 Å². The van der Waals surface area contributed by atoms with E-state index in [1.165, 1.54) is 0 Å². The first-order chi connectivity index (χ1) is 12.0. The maximum atomic E-state index is 11.6. The van der Waals surface area contributed by atoms with Gasteiger partial charge < -0.3 is 10.0 Å². The number of pyridine rings is 1. The predicted octanol–water partition coefficient (Wildman–Crippen LogP) is 3.25. The number of carbonyl (C=O) groups excluding carboxylic acids is 1. The molecule has 1 amide bonds. The minimum absolute atomic E-state index is 0.139. The molecule has 0 spiro atoms. The molecule has 3 rings (SSSR count). The van der Waals surface area contributed by atoms with Gasteiger partial charge in [0.1, 0.15) is 0 Å². The fraction of sp³-hybridized carbons (Fsp3) is 0.350. The largest absolute Gasteiger partial charge is 0.478 e. The predicted molar refractivity (Wildman–Crippen MR) is 95.3 cm³/mol. The second-order valence-corrected chi connectivity index (χ2v) is 6.57. The number of rotatable bonds is 4. The monoisotopic (exact) mass is 338 g/mol. The highest BCUT2D eigenvalue weighted by atomic mass is 16.4. The molecule has 5 nitrogen and oxygen atoms in total. The summed E-state index contributed by atoms with van der Waals surface area (Å²) in [4.78, 5) is 29.1. The van der Waals surface area contributed by atoms with Gasteiger partial charge in [-0.3, -0.25) is 9.78 Å². The van der Waals surface area contributed by atoms with Crippen LogP contribution in [0.1, 0.15) is 35.7 Å². The van der Waals surface area contributed by atoms with E-state index in [1.807, 2.05) is 11.0 Å². The first kappa shape index (κ1) is 17.1. The minimum atomic E-state index is -0.931. The highest BCUT2D eigenvalue weighted by Crippen LogP contribution is 2.27. The molecule has 5 heteroatoms. The molecule has 0 aliphatic carbocycles. The summed E-state index contributed by atoms with van der Waals surface area (Å²) in [5, 5.41) is 9.04. The van der Waals surface area contributed by atoms with Gasteiger partial charge in [-0.25, -0.2) is 4.79 Å². The first-order valence-corrected chi connectivity index (χ1v) is 8.57. The van der Waals surface area contributed by atoms with Gasteiger partial charge in [0.15, 0.2) is 0 Å². The van der Waals surface area contributed by atoms with Crippen LogP contribution < -0.4 is 0 Å². The smallest absolute Gasteiger partial charge is 0.335 e. The van der Waals surface area contributed by atoms with E-state index in [0.717, 1.165) is 49.2 Å². The van der Waals surface area contributed by atoms with Crippen LogP contribution in [-0.2, 0) is 11.2 Å². The van der Waals surface area contributed by atoms with Crippen molar-refractivity contribution in [3.63, 3.8) is 0 Å². The number of benzene rings is 1. The van der Waals surface area contributed by atoms with Crippen LogP contribution in [0.2, 0.25) is 0 Å². The Balaban J connectivity index is 1.81. The standard InChI is InChI=1S/C20H22N2O3/c1-14(23)22-11-3-4-15(13-22)12-18-5-2-10-21-19(18)16-6-8-17(9-7-16)20(24)25/h2,5-10,15H,3-4,11-13H2,1H3,(H,24,25). The zero-order valence-corrected chi connectivity index (χ0v) is 14.3. The molecule has 1 N–H and O–H groups in total. The van der Waals surface area contributed by atoms with Gasteiger partial charge in [-0.05, 0) is 48.9 Å². The molecule has 2 heterocycles. The van der Waals surface area contributed by atoms with Gasteiger partial charge in [0, 0.05) is 31.8 Å². The van der Waals surface area contributed by atoms with E-state index < -0.39 is 5.97 Å². The lowest BCUT2D eigenvalue weighted by Gasteiger charge is -2.32. The molecule has 1 atom stereocenters. The second-order valence-electron chi connectivity index (χ2n) is 6.57. The van der Waals surface area contributed by atoms with Gasteiger partial charge in [0.2, 0.25) is 5.91 Å². The van der Waals surface area contributed by atoms with E-state index in [4.69, 9.17) is 5.11 Å². The second kappa shape index (κ2) is 7.47. The molecule has 1 fully saturated rings. The Hall–Kier alpha value is -2.69. The van der Waals surface area contributed by atoms with Crippen molar-refractivity contribution < 1.29 is 14.7 Å². The lowest BCUT2D eigenvalue weighted by atomic mass is 9.89. The Morgan fingerprint density at radius 1 is 1.24 bits per heavy atom. The summed E-state index contributed by atoms with van der Waals surface area (Å²) in [6, 6.07) is 10.8. The van der Waals surface area contributed by atoms with Crippen molar-refractivity contribution >= 4 is 11.9 Å². The number of piperidine rings is 1. The van der Waals surface area contributed by atoms with Gasteiger partial charge >= 0.3 is 5.97 Å². The Kier molecular flexibility index (Phi) is 5.12. The molecule has 1 aliphatic heterocycles.